The minimum absolute atomic E-state index is 0.276. The molecular formula is C10H20N6. The maximum atomic E-state index is 5.58. The second kappa shape index (κ2) is 6.12. The molecule has 0 aliphatic heterocycles. The van der Waals surface area contributed by atoms with E-state index < -0.39 is 0 Å². The van der Waals surface area contributed by atoms with Crippen molar-refractivity contribution < 1.29 is 0 Å². The van der Waals surface area contributed by atoms with Crippen molar-refractivity contribution in [2.75, 3.05) is 50.1 Å². The summed E-state index contributed by atoms with van der Waals surface area (Å²) >= 11 is 0. The van der Waals surface area contributed by atoms with Gasteiger partial charge in [0.1, 0.15) is 11.6 Å². The van der Waals surface area contributed by atoms with E-state index in [4.69, 9.17) is 5.73 Å². The highest BCUT2D eigenvalue weighted by atomic mass is 15.1. The van der Waals surface area contributed by atoms with Crippen molar-refractivity contribution in [3.05, 3.63) is 6.07 Å². The average Bonchev–Trinajstić information content (AvgIpc) is 2.28. The highest BCUT2D eigenvalue weighted by molar-refractivity contribution is 5.50. The molecule has 1 aromatic rings. The minimum atomic E-state index is 0.276. The van der Waals surface area contributed by atoms with Gasteiger partial charge in [0.05, 0.1) is 0 Å². The van der Waals surface area contributed by atoms with Crippen LogP contribution in [0.25, 0.3) is 0 Å². The van der Waals surface area contributed by atoms with Gasteiger partial charge in [-0.3, -0.25) is 0 Å². The standard InChI is InChI=1S/C10H20N6/c1-4-16(3)6-5-13-9-7-8(12-2)14-10(11)15-9/h7H,4-6H2,1-3H3,(H4,11,12,13,14,15). The largest absolute Gasteiger partial charge is 0.373 e. The minimum Gasteiger partial charge on any atom is -0.373 e. The summed E-state index contributed by atoms with van der Waals surface area (Å²) in [5.74, 6) is 1.75. The number of nitrogens with zero attached hydrogens (tertiary/aromatic N) is 3. The molecule has 1 heterocycles. The molecule has 0 unspecified atom stereocenters. The predicted octanol–water partition coefficient (Wildman–Crippen LogP) is 0.464. The number of hydrogen-bond donors (Lipinski definition) is 3. The van der Waals surface area contributed by atoms with Crippen LogP contribution in [-0.4, -0.2) is 48.6 Å². The summed E-state index contributed by atoms with van der Waals surface area (Å²) in [4.78, 5) is 10.3. The number of nitrogen functional groups attached to an aromatic ring is 1. The lowest BCUT2D eigenvalue weighted by Crippen LogP contribution is -2.25. The fourth-order valence-electron chi connectivity index (χ4n) is 1.22. The topological polar surface area (TPSA) is 79.1 Å². The molecule has 1 rings (SSSR count). The third kappa shape index (κ3) is 3.90. The van der Waals surface area contributed by atoms with Gasteiger partial charge in [-0.2, -0.15) is 9.97 Å². The fourth-order valence-corrected chi connectivity index (χ4v) is 1.22. The molecule has 4 N–H and O–H groups in total. The fraction of sp³-hybridized carbons (Fsp3) is 0.600. The maximum Gasteiger partial charge on any atom is 0.223 e. The molecule has 0 bridgehead atoms. The van der Waals surface area contributed by atoms with Gasteiger partial charge in [0.25, 0.3) is 0 Å². The first kappa shape index (κ1) is 12.5. The van der Waals surface area contributed by atoms with E-state index in [9.17, 15) is 0 Å². The number of likely N-dealkylation sites (N-methyl/N-ethyl adjacent to an activating group) is 1. The van der Waals surface area contributed by atoms with Crippen LogP contribution < -0.4 is 16.4 Å². The van der Waals surface area contributed by atoms with E-state index in [1.165, 1.54) is 0 Å². The first-order valence-corrected chi connectivity index (χ1v) is 5.40. The number of nitrogens with two attached hydrogens (primary N) is 1. The predicted molar refractivity (Wildman–Crippen MR) is 67.7 cm³/mol. The van der Waals surface area contributed by atoms with Crippen molar-refractivity contribution >= 4 is 17.6 Å². The van der Waals surface area contributed by atoms with Crippen molar-refractivity contribution in [2.24, 2.45) is 0 Å². The van der Waals surface area contributed by atoms with Gasteiger partial charge in [0.2, 0.25) is 5.95 Å². The van der Waals surface area contributed by atoms with Crippen LogP contribution in [0.2, 0.25) is 0 Å². The van der Waals surface area contributed by atoms with E-state index in [0.29, 0.717) is 0 Å². The molecule has 0 aliphatic carbocycles. The van der Waals surface area contributed by atoms with Crippen molar-refractivity contribution in [3.8, 4) is 0 Å². The smallest absolute Gasteiger partial charge is 0.223 e. The molecule has 0 spiro atoms. The summed E-state index contributed by atoms with van der Waals surface area (Å²) < 4.78 is 0. The highest BCUT2D eigenvalue weighted by Gasteiger charge is 2.00. The molecule has 1 aromatic heterocycles. The second-order valence-corrected chi connectivity index (χ2v) is 3.57. The lowest BCUT2D eigenvalue weighted by molar-refractivity contribution is 0.367. The van der Waals surface area contributed by atoms with E-state index >= 15 is 0 Å². The summed E-state index contributed by atoms with van der Waals surface area (Å²) in [6.45, 7) is 4.97. The zero-order chi connectivity index (χ0) is 12.0. The van der Waals surface area contributed by atoms with E-state index in [2.05, 4.69) is 39.5 Å². The summed E-state index contributed by atoms with van der Waals surface area (Å²) in [5, 5.41) is 6.15. The Morgan fingerprint density at radius 1 is 1.38 bits per heavy atom. The Morgan fingerprint density at radius 2 is 2.06 bits per heavy atom. The Morgan fingerprint density at radius 3 is 2.69 bits per heavy atom. The van der Waals surface area contributed by atoms with Gasteiger partial charge in [0, 0.05) is 26.2 Å². The van der Waals surface area contributed by atoms with Crippen molar-refractivity contribution in [3.63, 3.8) is 0 Å². The van der Waals surface area contributed by atoms with Crippen LogP contribution in [0.4, 0.5) is 17.6 Å². The third-order valence-electron chi connectivity index (χ3n) is 2.34. The number of aromatic nitrogens is 2. The Bertz CT molecular complexity index is 327. The quantitative estimate of drug-likeness (QED) is 0.651. The molecular weight excluding hydrogens is 204 g/mol. The van der Waals surface area contributed by atoms with Gasteiger partial charge >= 0.3 is 0 Å². The first-order chi connectivity index (χ1) is 7.65. The van der Waals surface area contributed by atoms with Crippen LogP contribution in [-0.2, 0) is 0 Å². The molecule has 0 atom stereocenters. The van der Waals surface area contributed by atoms with Crippen LogP contribution in [0.5, 0.6) is 0 Å². The van der Waals surface area contributed by atoms with E-state index in [-0.39, 0.29) is 5.95 Å². The zero-order valence-electron chi connectivity index (χ0n) is 10.1. The normalized spacial score (nSPS) is 10.5. The molecule has 90 valence electrons. The second-order valence-electron chi connectivity index (χ2n) is 3.57. The molecule has 0 fully saturated rings. The number of anilines is 3. The Kier molecular flexibility index (Phi) is 4.78. The third-order valence-corrected chi connectivity index (χ3v) is 2.34. The van der Waals surface area contributed by atoms with Gasteiger partial charge in [-0.05, 0) is 13.6 Å². The Balaban J connectivity index is 2.50. The van der Waals surface area contributed by atoms with Gasteiger partial charge in [0.15, 0.2) is 0 Å². The molecule has 6 heteroatoms. The van der Waals surface area contributed by atoms with Gasteiger partial charge in [-0.25, -0.2) is 0 Å². The zero-order valence-corrected chi connectivity index (χ0v) is 10.1. The van der Waals surface area contributed by atoms with Crippen LogP contribution in [0.15, 0.2) is 6.07 Å². The number of hydrogen-bond acceptors (Lipinski definition) is 6. The van der Waals surface area contributed by atoms with Crippen molar-refractivity contribution in [1.29, 1.82) is 0 Å². The number of nitrogens with one attached hydrogen (secondary N) is 2. The van der Waals surface area contributed by atoms with Gasteiger partial charge in [-0.1, -0.05) is 6.92 Å². The molecule has 6 nitrogen and oxygen atoms in total. The Labute approximate surface area is 96.3 Å². The lowest BCUT2D eigenvalue weighted by atomic mass is 10.4. The molecule has 0 aromatic carbocycles. The maximum absolute atomic E-state index is 5.58. The summed E-state index contributed by atoms with van der Waals surface area (Å²) in [6.07, 6.45) is 0. The molecule has 0 amide bonds. The average molecular weight is 224 g/mol. The summed E-state index contributed by atoms with van der Waals surface area (Å²) in [7, 11) is 3.88. The van der Waals surface area contributed by atoms with Crippen molar-refractivity contribution in [1.82, 2.24) is 14.9 Å². The highest BCUT2D eigenvalue weighted by Crippen LogP contribution is 2.11. The van der Waals surface area contributed by atoms with Crippen LogP contribution >= 0.6 is 0 Å². The Hall–Kier alpha value is -1.56. The molecule has 0 radical (unpaired) electrons. The molecule has 0 saturated heterocycles. The monoisotopic (exact) mass is 224 g/mol. The number of rotatable bonds is 6. The summed E-state index contributed by atoms with van der Waals surface area (Å²) in [5.41, 5.74) is 5.58. The van der Waals surface area contributed by atoms with Crippen LogP contribution in [0.1, 0.15) is 6.92 Å². The molecule has 0 saturated carbocycles. The van der Waals surface area contributed by atoms with Crippen LogP contribution in [0, 0.1) is 0 Å². The van der Waals surface area contributed by atoms with E-state index in [1.807, 2.05) is 6.07 Å². The first-order valence-electron chi connectivity index (χ1n) is 5.40. The van der Waals surface area contributed by atoms with Crippen molar-refractivity contribution in [2.45, 2.75) is 6.92 Å². The lowest BCUT2D eigenvalue weighted by Gasteiger charge is -2.14. The van der Waals surface area contributed by atoms with Crippen LogP contribution in [0.3, 0.4) is 0 Å². The van der Waals surface area contributed by atoms with E-state index in [0.717, 1.165) is 31.3 Å². The summed E-state index contributed by atoms with van der Waals surface area (Å²) in [6, 6.07) is 1.84. The molecule has 16 heavy (non-hydrogen) atoms. The SMILES string of the molecule is CCN(C)CCNc1cc(NC)nc(N)n1. The van der Waals surface area contributed by atoms with Gasteiger partial charge < -0.3 is 21.3 Å². The van der Waals surface area contributed by atoms with Gasteiger partial charge in [-0.15, -0.1) is 0 Å². The van der Waals surface area contributed by atoms with E-state index in [1.54, 1.807) is 7.05 Å². The molecule has 0 aliphatic rings.